The summed E-state index contributed by atoms with van der Waals surface area (Å²) in [6, 6.07) is 15.7. The van der Waals surface area contributed by atoms with Gasteiger partial charge in [0.25, 0.3) is 5.56 Å². The van der Waals surface area contributed by atoms with Gasteiger partial charge in [0, 0.05) is 37.6 Å². The Bertz CT molecular complexity index is 1040. The third-order valence-corrected chi connectivity index (χ3v) is 5.50. The highest BCUT2D eigenvalue weighted by Gasteiger charge is 2.14. The van der Waals surface area contributed by atoms with E-state index in [2.05, 4.69) is 33.0 Å². The van der Waals surface area contributed by atoms with Crippen LogP contribution < -0.4 is 5.56 Å². The number of aryl methyl sites for hydroxylation is 2. The minimum atomic E-state index is -0.137. The summed E-state index contributed by atoms with van der Waals surface area (Å²) in [7, 11) is 1.63. The molecule has 1 heterocycles. The summed E-state index contributed by atoms with van der Waals surface area (Å²) < 4.78 is 7.50. The number of amides is 1. The predicted octanol–water partition coefficient (Wildman–Crippen LogP) is 3.66. The first-order valence-electron chi connectivity index (χ1n) is 10.0. The molecule has 3 aromatic rings. The smallest absolute Gasteiger partial charge is 0.261 e. The van der Waals surface area contributed by atoms with Crippen molar-refractivity contribution in [2.75, 3.05) is 26.8 Å². The van der Waals surface area contributed by atoms with E-state index in [4.69, 9.17) is 4.74 Å². The van der Waals surface area contributed by atoms with Crippen LogP contribution in [0, 0.1) is 0 Å². The van der Waals surface area contributed by atoms with E-state index in [1.165, 1.54) is 16.5 Å². The molecule has 158 valence electrons. The Morgan fingerprint density at radius 3 is 2.73 bits per heavy atom. The number of rotatable bonds is 10. The first-order valence-corrected chi connectivity index (χ1v) is 10.8. The maximum absolute atomic E-state index is 12.8. The lowest BCUT2D eigenvalue weighted by molar-refractivity contribution is -0.132. The molecule has 7 heteroatoms. The van der Waals surface area contributed by atoms with Crippen LogP contribution >= 0.6 is 15.9 Å². The number of hydrogen-bond donors (Lipinski definition) is 0. The minimum Gasteiger partial charge on any atom is -0.383 e. The Hall–Kier alpha value is -2.51. The van der Waals surface area contributed by atoms with Gasteiger partial charge in [0.15, 0.2) is 0 Å². The van der Waals surface area contributed by atoms with Crippen molar-refractivity contribution in [1.82, 2.24) is 14.5 Å². The van der Waals surface area contributed by atoms with Crippen molar-refractivity contribution >= 4 is 32.7 Å². The number of ether oxygens (including phenoxy) is 1. The zero-order valence-corrected chi connectivity index (χ0v) is 18.7. The standard InChI is InChI=1S/C23H26BrN3O3/c1-30-15-14-26(12-5-8-18-6-3-2-4-7-18)22(28)11-13-27-17-25-21-10-9-19(24)16-20(21)23(27)29/h2-4,6-7,9-10,16-17H,5,8,11-15H2,1H3. The molecule has 0 radical (unpaired) electrons. The summed E-state index contributed by atoms with van der Waals surface area (Å²) in [6.45, 7) is 1.99. The van der Waals surface area contributed by atoms with Gasteiger partial charge in [-0.15, -0.1) is 0 Å². The number of benzene rings is 2. The average Bonchev–Trinajstić information content (AvgIpc) is 2.76. The van der Waals surface area contributed by atoms with Gasteiger partial charge < -0.3 is 9.64 Å². The molecule has 0 aliphatic carbocycles. The zero-order chi connectivity index (χ0) is 21.3. The van der Waals surface area contributed by atoms with E-state index in [1.54, 1.807) is 19.2 Å². The van der Waals surface area contributed by atoms with Gasteiger partial charge in [-0.25, -0.2) is 4.98 Å². The zero-order valence-electron chi connectivity index (χ0n) is 17.1. The minimum absolute atomic E-state index is 0.0151. The lowest BCUT2D eigenvalue weighted by atomic mass is 10.1. The Morgan fingerprint density at radius 2 is 1.97 bits per heavy atom. The van der Waals surface area contributed by atoms with Gasteiger partial charge in [-0.2, -0.15) is 0 Å². The third kappa shape index (κ3) is 6.00. The van der Waals surface area contributed by atoms with Gasteiger partial charge in [-0.05, 0) is 36.6 Å². The second-order valence-electron chi connectivity index (χ2n) is 7.12. The van der Waals surface area contributed by atoms with Gasteiger partial charge in [-0.3, -0.25) is 14.2 Å². The molecule has 0 unspecified atom stereocenters. The van der Waals surface area contributed by atoms with Gasteiger partial charge >= 0.3 is 0 Å². The Labute approximate surface area is 184 Å². The highest BCUT2D eigenvalue weighted by atomic mass is 79.9. The molecule has 1 amide bonds. The lowest BCUT2D eigenvalue weighted by Gasteiger charge is -2.22. The van der Waals surface area contributed by atoms with Crippen molar-refractivity contribution in [1.29, 1.82) is 0 Å². The van der Waals surface area contributed by atoms with E-state index in [9.17, 15) is 9.59 Å². The average molecular weight is 472 g/mol. The number of methoxy groups -OCH3 is 1. The fraction of sp³-hybridized carbons (Fsp3) is 0.348. The van der Waals surface area contributed by atoms with Crippen LogP contribution in [0.25, 0.3) is 10.9 Å². The molecule has 0 N–H and O–H groups in total. The van der Waals surface area contributed by atoms with E-state index >= 15 is 0 Å². The summed E-state index contributed by atoms with van der Waals surface area (Å²) in [4.78, 5) is 31.7. The second kappa shape index (κ2) is 11.0. The van der Waals surface area contributed by atoms with Crippen LogP contribution in [0.15, 0.2) is 64.1 Å². The van der Waals surface area contributed by atoms with Crippen LogP contribution in [-0.2, 0) is 22.5 Å². The molecule has 0 aliphatic rings. The second-order valence-corrected chi connectivity index (χ2v) is 8.03. The first-order chi connectivity index (χ1) is 14.6. The van der Waals surface area contributed by atoms with E-state index in [0.29, 0.717) is 37.1 Å². The quantitative estimate of drug-likeness (QED) is 0.452. The van der Waals surface area contributed by atoms with Crippen molar-refractivity contribution in [3.63, 3.8) is 0 Å². The largest absolute Gasteiger partial charge is 0.383 e. The molecule has 0 spiro atoms. The number of hydrogen-bond acceptors (Lipinski definition) is 4. The highest BCUT2D eigenvalue weighted by Crippen LogP contribution is 2.15. The van der Waals surface area contributed by atoms with E-state index in [1.807, 2.05) is 29.2 Å². The number of halogens is 1. The molecule has 0 bridgehead atoms. The van der Waals surface area contributed by atoms with Crippen LogP contribution in [0.3, 0.4) is 0 Å². The van der Waals surface area contributed by atoms with Crippen molar-refractivity contribution in [2.24, 2.45) is 0 Å². The third-order valence-electron chi connectivity index (χ3n) is 5.01. The van der Waals surface area contributed by atoms with Crippen LogP contribution in [0.1, 0.15) is 18.4 Å². The predicted molar refractivity (Wildman–Crippen MR) is 122 cm³/mol. The van der Waals surface area contributed by atoms with Gasteiger partial charge in [0.1, 0.15) is 0 Å². The molecular formula is C23H26BrN3O3. The summed E-state index contributed by atoms with van der Waals surface area (Å²) >= 11 is 3.39. The molecule has 0 saturated heterocycles. The topological polar surface area (TPSA) is 64.4 Å². The van der Waals surface area contributed by atoms with E-state index in [0.717, 1.165) is 17.3 Å². The first kappa shape index (κ1) is 22.2. The normalized spacial score (nSPS) is 11.0. The van der Waals surface area contributed by atoms with Crippen LogP contribution in [0.2, 0.25) is 0 Å². The molecule has 0 fully saturated rings. The van der Waals surface area contributed by atoms with Crippen LogP contribution in [-0.4, -0.2) is 47.2 Å². The summed E-state index contributed by atoms with van der Waals surface area (Å²) in [5, 5.41) is 0.540. The number of carbonyl (C=O) groups is 1. The van der Waals surface area contributed by atoms with Crippen LogP contribution in [0.4, 0.5) is 0 Å². The number of carbonyl (C=O) groups excluding carboxylic acids is 1. The lowest BCUT2D eigenvalue weighted by Crippen LogP contribution is -2.36. The van der Waals surface area contributed by atoms with Gasteiger partial charge in [0.05, 0.1) is 23.8 Å². The molecule has 0 atom stereocenters. The molecular weight excluding hydrogens is 446 g/mol. The Morgan fingerprint density at radius 1 is 1.17 bits per heavy atom. The molecule has 30 heavy (non-hydrogen) atoms. The molecule has 2 aromatic carbocycles. The van der Waals surface area contributed by atoms with Gasteiger partial charge in [0.2, 0.25) is 5.91 Å². The number of aromatic nitrogens is 2. The Kier molecular flexibility index (Phi) is 8.16. The molecule has 1 aromatic heterocycles. The van der Waals surface area contributed by atoms with Crippen molar-refractivity contribution in [2.45, 2.75) is 25.8 Å². The Balaban J connectivity index is 1.61. The molecule has 6 nitrogen and oxygen atoms in total. The summed E-state index contributed by atoms with van der Waals surface area (Å²) in [6.07, 6.45) is 3.56. The highest BCUT2D eigenvalue weighted by molar-refractivity contribution is 9.10. The molecule has 0 saturated carbocycles. The monoisotopic (exact) mass is 471 g/mol. The fourth-order valence-electron chi connectivity index (χ4n) is 3.35. The SMILES string of the molecule is COCCN(CCCc1ccccc1)C(=O)CCn1cnc2ccc(Br)cc2c1=O. The van der Waals surface area contributed by atoms with Crippen LogP contribution in [0.5, 0.6) is 0 Å². The maximum Gasteiger partial charge on any atom is 0.261 e. The summed E-state index contributed by atoms with van der Waals surface area (Å²) in [5.41, 5.74) is 1.77. The van der Waals surface area contributed by atoms with Crippen molar-refractivity contribution in [3.8, 4) is 0 Å². The van der Waals surface area contributed by atoms with Crippen molar-refractivity contribution < 1.29 is 9.53 Å². The molecule has 0 aliphatic heterocycles. The maximum atomic E-state index is 12.8. The van der Waals surface area contributed by atoms with Gasteiger partial charge in [-0.1, -0.05) is 46.3 Å². The number of fused-ring (bicyclic) bond motifs is 1. The van der Waals surface area contributed by atoms with Crippen molar-refractivity contribution in [3.05, 3.63) is 75.2 Å². The summed E-state index contributed by atoms with van der Waals surface area (Å²) in [5.74, 6) is 0.0151. The van der Waals surface area contributed by atoms with E-state index < -0.39 is 0 Å². The number of nitrogens with zero attached hydrogens (tertiary/aromatic N) is 3. The van der Waals surface area contributed by atoms with E-state index in [-0.39, 0.29) is 17.9 Å². The molecule has 3 rings (SSSR count). The fourth-order valence-corrected chi connectivity index (χ4v) is 3.71.